The number of nitrogens with one attached hydrogen (secondary N) is 1. The molecule has 0 spiro atoms. The fourth-order valence-electron chi connectivity index (χ4n) is 2.83. The molecular weight excluding hydrogens is 326 g/mol. The van der Waals surface area contributed by atoms with Crippen molar-refractivity contribution >= 4 is 17.5 Å². The summed E-state index contributed by atoms with van der Waals surface area (Å²) in [6, 6.07) is 9.16. The average Bonchev–Trinajstić information content (AvgIpc) is 2.64. The molecule has 4 nitrogen and oxygen atoms in total. The van der Waals surface area contributed by atoms with E-state index in [1.54, 1.807) is 12.1 Å². The summed E-state index contributed by atoms with van der Waals surface area (Å²) in [6.45, 7) is 1.51. The van der Waals surface area contributed by atoms with Gasteiger partial charge in [0, 0.05) is 30.3 Å². The Morgan fingerprint density at radius 2 is 1.52 bits per heavy atom. The zero-order valence-electron chi connectivity index (χ0n) is 13.6. The third-order valence-corrected chi connectivity index (χ3v) is 4.22. The van der Waals surface area contributed by atoms with Gasteiger partial charge in [0.25, 0.3) is 11.8 Å². The Morgan fingerprint density at radius 1 is 0.880 bits per heavy atom. The number of rotatable bonds is 3. The third-order valence-electron chi connectivity index (χ3n) is 4.22. The van der Waals surface area contributed by atoms with Crippen molar-refractivity contribution in [2.75, 3.05) is 18.4 Å². The molecule has 1 aliphatic rings. The number of anilines is 1. The van der Waals surface area contributed by atoms with Gasteiger partial charge in [-0.3, -0.25) is 9.59 Å². The maximum atomic E-state index is 13.6. The highest BCUT2D eigenvalue weighted by atomic mass is 19.1. The van der Waals surface area contributed by atoms with Gasteiger partial charge in [-0.1, -0.05) is 0 Å². The van der Waals surface area contributed by atoms with Gasteiger partial charge in [0.2, 0.25) is 0 Å². The summed E-state index contributed by atoms with van der Waals surface area (Å²) in [5.74, 6) is -2.12. The second-order valence-corrected chi connectivity index (χ2v) is 6.01. The average molecular weight is 344 g/mol. The maximum Gasteiger partial charge on any atom is 0.255 e. The summed E-state index contributed by atoms with van der Waals surface area (Å²) in [7, 11) is 0. The molecule has 2 aromatic rings. The Labute approximate surface area is 144 Å². The van der Waals surface area contributed by atoms with E-state index in [9.17, 15) is 18.4 Å². The molecule has 2 amide bonds. The van der Waals surface area contributed by atoms with Crippen molar-refractivity contribution in [2.24, 2.45) is 0 Å². The first kappa shape index (κ1) is 17.1. The van der Waals surface area contributed by atoms with Crippen LogP contribution in [0.1, 0.15) is 40.0 Å². The smallest absolute Gasteiger partial charge is 0.255 e. The number of piperidine rings is 1. The molecule has 1 saturated heterocycles. The Morgan fingerprint density at radius 3 is 2.16 bits per heavy atom. The van der Waals surface area contributed by atoms with E-state index in [-0.39, 0.29) is 11.6 Å². The SMILES string of the molecule is O=C(Nc1ccc(F)cc1F)c1ccc(C(=O)N2CCCCC2)cc1. The Bertz CT molecular complexity index is 785. The van der Waals surface area contributed by atoms with E-state index >= 15 is 0 Å². The molecule has 0 aliphatic carbocycles. The van der Waals surface area contributed by atoms with Crippen molar-refractivity contribution < 1.29 is 18.4 Å². The minimum Gasteiger partial charge on any atom is -0.339 e. The number of hydrogen-bond donors (Lipinski definition) is 1. The fourth-order valence-corrected chi connectivity index (χ4v) is 2.83. The molecule has 0 unspecified atom stereocenters. The summed E-state index contributed by atoms with van der Waals surface area (Å²) in [6.07, 6.45) is 3.16. The summed E-state index contributed by atoms with van der Waals surface area (Å²) in [4.78, 5) is 26.4. The zero-order valence-corrected chi connectivity index (χ0v) is 13.6. The Kier molecular flexibility index (Phi) is 5.07. The lowest BCUT2D eigenvalue weighted by molar-refractivity contribution is 0.0724. The quantitative estimate of drug-likeness (QED) is 0.920. The molecule has 0 atom stereocenters. The molecule has 130 valence electrons. The molecule has 3 rings (SSSR count). The van der Waals surface area contributed by atoms with Gasteiger partial charge in [0.1, 0.15) is 11.6 Å². The largest absolute Gasteiger partial charge is 0.339 e. The number of carbonyl (C=O) groups is 2. The predicted octanol–water partition coefficient (Wildman–Crippen LogP) is 3.84. The number of likely N-dealkylation sites (tertiary alicyclic amines) is 1. The highest BCUT2D eigenvalue weighted by Crippen LogP contribution is 2.17. The van der Waals surface area contributed by atoms with Gasteiger partial charge in [-0.05, 0) is 55.7 Å². The lowest BCUT2D eigenvalue weighted by atomic mass is 10.1. The monoisotopic (exact) mass is 344 g/mol. The van der Waals surface area contributed by atoms with Crippen LogP contribution >= 0.6 is 0 Å². The summed E-state index contributed by atoms with van der Waals surface area (Å²) in [5, 5.41) is 2.39. The molecule has 0 saturated carbocycles. The van der Waals surface area contributed by atoms with E-state index in [0.29, 0.717) is 17.2 Å². The van der Waals surface area contributed by atoms with E-state index in [1.807, 2.05) is 4.90 Å². The Balaban J connectivity index is 1.68. The van der Waals surface area contributed by atoms with Crippen LogP contribution in [-0.2, 0) is 0 Å². The molecule has 6 heteroatoms. The van der Waals surface area contributed by atoms with Crippen LogP contribution in [0.4, 0.5) is 14.5 Å². The number of benzene rings is 2. The molecule has 0 aromatic heterocycles. The van der Waals surface area contributed by atoms with Crippen LogP contribution < -0.4 is 5.32 Å². The van der Waals surface area contributed by atoms with Crippen molar-refractivity contribution in [3.63, 3.8) is 0 Å². The highest BCUT2D eigenvalue weighted by Gasteiger charge is 2.18. The van der Waals surface area contributed by atoms with E-state index in [1.165, 1.54) is 12.1 Å². The molecule has 2 aromatic carbocycles. The van der Waals surface area contributed by atoms with Crippen LogP contribution in [0.15, 0.2) is 42.5 Å². The standard InChI is InChI=1S/C19H18F2N2O2/c20-15-8-9-17(16(21)12-15)22-18(24)13-4-6-14(7-5-13)19(25)23-10-2-1-3-11-23/h4-9,12H,1-3,10-11H2,(H,22,24). The van der Waals surface area contributed by atoms with Gasteiger partial charge in [-0.2, -0.15) is 0 Å². The van der Waals surface area contributed by atoms with E-state index in [2.05, 4.69) is 5.32 Å². The van der Waals surface area contributed by atoms with E-state index in [4.69, 9.17) is 0 Å². The van der Waals surface area contributed by atoms with Crippen LogP contribution in [0, 0.1) is 11.6 Å². The summed E-state index contributed by atoms with van der Waals surface area (Å²) >= 11 is 0. The number of nitrogens with zero attached hydrogens (tertiary/aromatic N) is 1. The molecule has 1 fully saturated rings. The predicted molar refractivity (Wildman–Crippen MR) is 90.5 cm³/mol. The lowest BCUT2D eigenvalue weighted by Gasteiger charge is -2.26. The fraction of sp³-hybridized carbons (Fsp3) is 0.263. The number of amides is 2. The first-order chi connectivity index (χ1) is 12.0. The Hall–Kier alpha value is -2.76. The minimum atomic E-state index is -0.842. The second-order valence-electron chi connectivity index (χ2n) is 6.01. The van der Waals surface area contributed by atoms with Crippen LogP contribution in [0.2, 0.25) is 0 Å². The maximum absolute atomic E-state index is 13.6. The number of halogens is 2. The highest BCUT2D eigenvalue weighted by molar-refractivity contribution is 6.05. The van der Waals surface area contributed by atoms with Crippen LogP contribution in [0.5, 0.6) is 0 Å². The molecular formula is C19H18F2N2O2. The van der Waals surface area contributed by atoms with Crippen molar-refractivity contribution in [1.29, 1.82) is 0 Å². The van der Waals surface area contributed by atoms with Crippen molar-refractivity contribution in [2.45, 2.75) is 19.3 Å². The normalized spacial score (nSPS) is 14.2. The van der Waals surface area contributed by atoms with Gasteiger partial charge in [0.15, 0.2) is 0 Å². The molecule has 0 bridgehead atoms. The van der Waals surface area contributed by atoms with Gasteiger partial charge < -0.3 is 10.2 Å². The third kappa shape index (κ3) is 4.02. The topological polar surface area (TPSA) is 49.4 Å². The molecule has 1 heterocycles. The minimum absolute atomic E-state index is 0.0452. The van der Waals surface area contributed by atoms with Gasteiger partial charge in [-0.15, -0.1) is 0 Å². The van der Waals surface area contributed by atoms with Gasteiger partial charge in [-0.25, -0.2) is 8.78 Å². The molecule has 25 heavy (non-hydrogen) atoms. The number of carbonyl (C=O) groups excluding carboxylic acids is 2. The molecule has 0 radical (unpaired) electrons. The summed E-state index contributed by atoms with van der Waals surface area (Å²) < 4.78 is 26.5. The van der Waals surface area contributed by atoms with Crippen molar-refractivity contribution in [3.8, 4) is 0 Å². The summed E-state index contributed by atoms with van der Waals surface area (Å²) in [5.41, 5.74) is 0.713. The van der Waals surface area contributed by atoms with E-state index < -0.39 is 17.5 Å². The van der Waals surface area contributed by atoms with Gasteiger partial charge in [0.05, 0.1) is 5.69 Å². The first-order valence-electron chi connectivity index (χ1n) is 8.20. The van der Waals surface area contributed by atoms with Gasteiger partial charge >= 0.3 is 0 Å². The lowest BCUT2D eigenvalue weighted by Crippen LogP contribution is -2.35. The number of hydrogen-bond acceptors (Lipinski definition) is 2. The van der Waals surface area contributed by atoms with E-state index in [0.717, 1.165) is 44.5 Å². The van der Waals surface area contributed by atoms with Crippen LogP contribution in [0.3, 0.4) is 0 Å². The molecule has 1 N–H and O–H groups in total. The van der Waals surface area contributed by atoms with Crippen LogP contribution in [0.25, 0.3) is 0 Å². The second kappa shape index (κ2) is 7.42. The molecule has 1 aliphatic heterocycles. The van der Waals surface area contributed by atoms with Crippen LogP contribution in [-0.4, -0.2) is 29.8 Å². The zero-order chi connectivity index (χ0) is 17.8. The first-order valence-corrected chi connectivity index (χ1v) is 8.20. The van der Waals surface area contributed by atoms with Crippen molar-refractivity contribution in [1.82, 2.24) is 4.90 Å². The van der Waals surface area contributed by atoms with Crippen molar-refractivity contribution in [3.05, 3.63) is 65.2 Å².